The Balaban J connectivity index is 0. The van der Waals surface area contributed by atoms with Gasteiger partial charge in [0, 0.05) is 0 Å². The molecule has 0 radical (unpaired) electrons. The highest BCUT2D eigenvalue weighted by molar-refractivity contribution is 4.45. The molecule has 0 rings (SSSR count). The van der Waals surface area contributed by atoms with Gasteiger partial charge < -0.3 is 4.90 Å². The molecule has 0 aromatic carbocycles. The van der Waals surface area contributed by atoms with Gasteiger partial charge in [0.1, 0.15) is 0 Å². The first-order valence-corrected chi connectivity index (χ1v) is 7.19. The van der Waals surface area contributed by atoms with Crippen LogP contribution >= 0.6 is 0 Å². The van der Waals surface area contributed by atoms with E-state index in [1.54, 1.807) is 0 Å². The van der Waals surface area contributed by atoms with Gasteiger partial charge in [-0.1, -0.05) is 63.3 Å². The summed E-state index contributed by atoms with van der Waals surface area (Å²) in [5, 5.41) is 11.4. The Morgan fingerprint density at radius 3 is 1.56 bits per heavy atom. The van der Waals surface area contributed by atoms with Crippen molar-refractivity contribution in [3.63, 3.8) is 0 Å². The number of hydrogen-bond donors (Lipinski definition) is 1. The third kappa shape index (κ3) is 29.7. The van der Waals surface area contributed by atoms with Crippen molar-refractivity contribution in [3.8, 4) is 0 Å². The maximum absolute atomic E-state index is 7.87. The molecule has 4 heteroatoms. The first-order valence-electron chi connectivity index (χ1n) is 7.19. The highest BCUT2D eigenvalue weighted by atomic mass is 17.5. The van der Waals surface area contributed by atoms with Gasteiger partial charge in [-0.15, -0.1) is 0 Å². The summed E-state index contributed by atoms with van der Waals surface area (Å²) >= 11 is 0. The second-order valence-corrected chi connectivity index (χ2v) is 5.07. The lowest BCUT2D eigenvalue weighted by molar-refractivity contribution is -0.490. The van der Waals surface area contributed by atoms with Crippen molar-refractivity contribution in [1.82, 2.24) is 4.90 Å². The van der Waals surface area contributed by atoms with E-state index in [1.165, 1.54) is 44.9 Å². The molecular formula is C14H33NO3. The van der Waals surface area contributed by atoms with E-state index in [2.05, 4.69) is 16.8 Å². The molecule has 18 heavy (non-hydrogen) atoms. The monoisotopic (exact) mass is 263 g/mol. The molecule has 0 atom stereocenters. The van der Waals surface area contributed by atoms with Gasteiger partial charge in [-0.3, -0.25) is 0 Å². The van der Waals surface area contributed by atoms with Gasteiger partial charge in [0.15, 0.2) is 0 Å². The summed E-state index contributed by atoms with van der Waals surface area (Å²) in [6.45, 7) is 2.73. The number of hydrogen-bond acceptors (Lipinski definition) is 4. The molecule has 4 nitrogen and oxygen atoms in total. The molecule has 112 valence electrons. The number of unbranched alkanes of at least 4 members (excludes halogenated alkanes) is 8. The van der Waals surface area contributed by atoms with Crippen molar-refractivity contribution in [2.75, 3.05) is 27.7 Å². The minimum Gasteiger partial charge on any atom is -0.312 e. The van der Waals surface area contributed by atoms with Gasteiger partial charge in [-0.2, -0.15) is 0 Å². The van der Waals surface area contributed by atoms with Crippen LogP contribution < -0.4 is 0 Å². The molecule has 0 spiro atoms. The maximum atomic E-state index is 7.87. The molecule has 1 N–H and O–H groups in total. The molecule has 0 saturated heterocycles. The van der Waals surface area contributed by atoms with Gasteiger partial charge in [-0.25, -0.2) is 10.1 Å². The van der Waals surface area contributed by atoms with Crippen LogP contribution in [0.5, 0.6) is 0 Å². The molecule has 0 bridgehead atoms. The Morgan fingerprint density at radius 2 is 1.17 bits per heavy atom. The summed E-state index contributed by atoms with van der Waals surface area (Å²) < 4.78 is 0. The minimum atomic E-state index is 0.492. The molecule has 0 aliphatic carbocycles. The summed E-state index contributed by atoms with van der Waals surface area (Å²) in [5.41, 5.74) is 0. The van der Waals surface area contributed by atoms with Crippen molar-refractivity contribution < 1.29 is 15.2 Å². The largest absolute Gasteiger partial charge is 0.312 e. The van der Waals surface area contributed by atoms with Crippen LogP contribution in [0.25, 0.3) is 0 Å². The van der Waals surface area contributed by atoms with E-state index in [9.17, 15) is 0 Å². The van der Waals surface area contributed by atoms with Crippen molar-refractivity contribution in [2.24, 2.45) is 0 Å². The lowest BCUT2D eigenvalue weighted by Gasteiger charge is -2.01. The Hall–Kier alpha value is -0.160. The van der Waals surface area contributed by atoms with Gasteiger partial charge in [0.05, 0.1) is 6.61 Å². The fraction of sp³-hybridized carbons (Fsp3) is 1.00. The molecule has 0 aliphatic rings. The molecule has 0 unspecified atom stereocenters. The smallest absolute Gasteiger partial charge is 0.0853 e. The average Bonchev–Trinajstić information content (AvgIpc) is 2.31. The quantitative estimate of drug-likeness (QED) is 0.346. The fourth-order valence-corrected chi connectivity index (χ4v) is 1.51. The van der Waals surface area contributed by atoms with Crippen LogP contribution in [0.2, 0.25) is 0 Å². The zero-order valence-corrected chi connectivity index (χ0v) is 12.8. The molecule has 0 aliphatic heterocycles. The molecule has 0 heterocycles. The van der Waals surface area contributed by atoms with Gasteiger partial charge in [-0.05, 0) is 27.6 Å². The van der Waals surface area contributed by atoms with Crippen LogP contribution in [-0.4, -0.2) is 37.9 Å². The first kappa shape index (κ1) is 20.2. The Labute approximate surface area is 113 Å². The van der Waals surface area contributed by atoms with E-state index in [0.29, 0.717) is 6.61 Å². The van der Waals surface area contributed by atoms with Crippen LogP contribution in [0, 0.1) is 0 Å². The predicted octanol–water partition coefficient (Wildman–Crippen LogP) is 4.12. The minimum absolute atomic E-state index is 0.492. The molecule has 0 aromatic heterocycles. The molecular weight excluding hydrogens is 230 g/mol. The SMILES string of the molecule is CCCCCCCCCCCOOO.CN(C)C. The molecule has 0 fully saturated rings. The zero-order valence-electron chi connectivity index (χ0n) is 12.8. The second kappa shape index (κ2) is 19.2. The fourth-order valence-electron chi connectivity index (χ4n) is 1.51. The normalized spacial score (nSPS) is 10.3. The topological polar surface area (TPSA) is 41.9 Å². The van der Waals surface area contributed by atoms with Crippen LogP contribution in [0.4, 0.5) is 0 Å². The molecule has 0 aromatic rings. The highest BCUT2D eigenvalue weighted by Crippen LogP contribution is 2.09. The van der Waals surface area contributed by atoms with Crippen molar-refractivity contribution in [2.45, 2.75) is 64.7 Å². The second-order valence-electron chi connectivity index (χ2n) is 5.07. The lowest BCUT2D eigenvalue weighted by Crippen LogP contribution is -1.99. The molecule has 0 amide bonds. The Morgan fingerprint density at radius 1 is 0.778 bits per heavy atom. The summed E-state index contributed by atoms with van der Waals surface area (Å²) in [7, 11) is 6.00. The summed E-state index contributed by atoms with van der Waals surface area (Å²) in [4.78, 5) is 6.35. The van der Waals surface area contributed by atoms with Crippen molar-refractivity contribution >= 4 is 0 Å². The van der Waals surface area contributed by atoms with E-state index in [-0.39, 0.29) is 0 Å². The number of nitrogens with zero attached hydrogens (tertiary/aromatic N) is 1. The van der Waals surface area contributed by atoms with Crippen molar-refractivity contribution in [1.29, 1.82) is 0 Å². The standard InChI is InChI=1S/C11H24O3.C3H9N/c1-2-3-4-5-6-7-8-9-10-11-13-14-12;1-4(2)3/h12H,2-11H2,1H3;1-3H3. The third-order valence-corrected chi connectivity index (χ3v) is 2.38. The highest BCUT2D eigenvalue weighted by Gasteiger charge is 1.92. The molecule has 0 saturated carbocycles. The van der Waals surface area contributed by atoms with E-state index in [1.807, 2.05) is 26.0 Å². The van der Waals surface area contributed by atoms with E-state index < -0.39 is 0 Å². The van der Waals surface area contributed by atoms with E-state index in [0.717, 1.165) is 12.8 Å². The summed E-state index contributed by atoms with van der Waals surface area (Å²) in [6.07, 6.45) is 11.5. The number of rotatable bonds is 11. The Kier molecular flexibility index (Phi) is 21.5. The van der Waals surface area contributed by atoms with E-state index in [4.69, 9.17) is 5.26 Å². The van der Waals surface area contributed by atoms with Crippen LogP contribution in [-0.2, 0) is 9.93 Å². The third-order valence-electron chi connectivity index (χ3n) is 2.38. The van der Waals surface area contributed by atoms with Crippen molar-refractivity contribution in [3.05, 3.63) is 0 Å². The lowest BCUT2D eigenvalue weighted by atomic mass is 10.1. The maximum Gasteiger partial charge on any atom is 0.0853 e. The summed E-state index contributed by atoms with van der Waals surface area (Å²) in [6, 6.07) is 0. The van der Waals surface area contributed by atoms with Crippen LogP contribution in [0.3, 0.4) is 0 Å². The zero-order chi connectivity index (χ0) is 14.1. The predicted molar refractivity (Wildman–Crippen MR) is 76.5 cm³/mol. The van der Waals surface area contributed by atoms with Gasteiger partial charge >= 0.3 is 0 Å². The summed E-state index contributed by atoms with van der Waals surface area (Å²) in [5.74, 6) is 0. The van der Waals surface area contributed by atoms with Crippen LogP contribution in [0.15, 0.2) is 0 Å². The first-order chi connectivity index (χ1) is 8.65. The average molecular weight is 263 g/mol. The van der Waals surface area contributed by atoms with Gasteiger partial charge in [0.25, 0.3) is 0 Å². The van der Waals surface area contributed by atoms with Gasteiger partial charge in [0.2, 0.25) is 0 Å². The Bertz CT molecular complexity index is 117. The van der Waals surface area contributed by atoms with E-state index >= 15 is 0 Å². The van der Waals surface area contributed by atoms with Crippen LogP contribution in [0.1, 0.15) is 64.7 Å².